The number of aliphatic hydroxyl groups excluding tert-OH is 2. The van der Waals surface area contributed by atoms with Crippen molar-refractivity contribution in [3.8, 4) is 0 Å². The van der Waals surface area contributed by atoms with Gasteiger partial charge in [-0.2, -0.15) is 0 Å². The molecular weight excluding hydrogens is 316 g/mol. The molecular formula is C16H30N2O6. The standard InChI is InChI=1S/C16H30N2O6/c1-3-15(21)17-9-13(19)11-23-7-5-6-8-24-12-14(20)10-18-16(22)4-2/h3,13-14,19-20H,1,4-12H2,2H3,(H,17,21)(H,18,22). The highest BCUT2D eigenvalue weighted by Gasteiger charge is 2.06. The van der Waals surface area contributed by atoms with E-state index in [-0.39, 0.29) is 38.1 Å². The summed E-state index contributed by atoms with van der Waals surface area (Å²) in [6.07, 6.45) is 1.59. The van der Waals surface area contributed by atoms with Crippen molar-refractivity contribution in [2.24, 2.45) is 0 Å². The molecule has 8 nitrogen and oxygen atoms in total. The Kier molecular flexibility index (Phi) is 14.1. The van der Waals surface area contributed by atoms with Crippen molar-refractivity contribution in [2.45, 2.75) is 38.4 Å². The van der Waals surface area contributed by atoms with Crippen LogP contribution in [0.1, 0.15) is 26.2 Å². The molecule has 0 bridgehead atoms. The van der Waals surface area contributed by atoms with E-state index in [1.807, 2.05) is 0 Å². The first-order valence-corrected chi connectivity index (χ1v) is 8.18. The Labute approximate surface area is 143 Å². The van der Waals surface area contributed by atoms with E-state index < -0.39 is 12.2 Å². The van der Waals surface area contributed by atoms with Gasteiger partial charge in [-0.3, -0.25) is 9.59 Å². The van der Waals surface area contributed by atoms with Crippen LogP contribution in [0.4, 0.5) is 0 Å². The van der Waals surface area contributed by atoms with Crippen molar-refractivity contribution in [3.05, 3.63) is 12.7 Å². The fourth-order valence-corrected chi connectivity index (χ4v) is 1.61. The van der Waals surface area contributed by atoms with Gasteiger partial charge in [0, 0.05) is 32.7 Å². The smallest absolute Gasteiger partial charge is 0.243 e. The molecule has 2 unspecified atom stereocenters. The Morgan fingerprint density at radius 2 is 1.54 bits per heavy atom. The van der Waals surface area contributed by atoms with E-state index in [4.69, 9.17) is 9.47 Å². The maximum absolute atomic E-state index is 11.0. The van der Waals surface area contributed by atoms with Gasteiger partial charge < -0.3 is 30.3 Å². The van der Waals surface area contributed by atoms with Crippen molar-refractivity contribution in [2.75, 3.05) is 39.5 Å². The van der Waals surface area contributed by atoms with Crippen molar-refractivity contribution in [3.63, 3.8) is 0 Å². The number of aliphatic hydroxyl groups is 2. The third kappa shape index (κ3) is 14.1. The minimum absolute atomic E-state index is 0.0996. The molecule has 0 fully saturated rings. The maximum atomic E-state index is 11.0. The molecule has 0 aromatic carbocycles. The highest BCUT2D eigenvalue weighted by atomic mass is 16.5. The Balaban J connectivity index is 3.37. The monoisotopic (exact) mass is 346 g/mol. The van der Waals surface area contributed by atoms with Gasteiger partial charge in [0.25, 0.3) is 0 Å². The van der Waals surface area contributed by atoms with Crippen molar-refractivity contribution >= 4 is 11.8 Å². The lowest BCUT2D eigenvalue weighted by Gasteiger charge is -2.13. The van der Waals surface area contributed by atoms with Crippen LogP contribution < -0.4 is 10.6 Å². The van der Waals surface area contributed by atoms with E-state index in [1.54, 1.807) is 6.92 Å². The number of unbranched alkanes of at least 4 members (excludes halogenated alkanes) is 1. The second-order valence-electron chi connectivity index (χ2n) is 5.27. The van der Waals surface area contributed by atoms with E-state index in [9.17, 15) is 19.8 Å². The molecule has 2 atom stereocenters. The Bertz CT molecular complexity index is 364. The average molecular weight is 346 g/mol. The number of nitrogens with one attached hydrogen (secondary N) is 2. The molecule has 4 N–H and O–H groups in total. The lowest BCUT2D eigenvalue weighted by molar-refractivity contribution is -0.121. The quantitative estimate of drug-likeness (QED) is 0.231. The minimum atomic E-state index is -0.751. The third-order valence-electron chi connectivity index (χ3n) is 3.00. The average Bonchev–Trinajstić information content (AvgIpc) is 2.59. The molecule has 2 amide bonds. The summed E-state index contributed by atoms with van der Waals surface area (Å²) in [5.41, 5.74) is 0. The van der Waals surface area contributed by atoms with E-state index in [0.717, 1.165) is 18.9 Å². The number of hydrogen-bond donors (Lipinski definition) is 4. The normalized spacial score (nSPS) is 13.1. The summed E-state index contributed by atoms with van der Waals surface area (Å²) in [5, 5.41) is 24.2. The Morgan fingerprint density at radius 3 is 2.00 bits per heavy atom. The molecule has 140 valence electrons. The molecule has 0 aromatic heterocycles. The first kappa shape index (κ1) is 22.5. The van der Waals surface area contributed by atoms with Crippen LogP contribution in [-0.2, 0) is 19.1 Å². The molecule has 0 spiro atoms. The topological polar surface area (TPSA) is 117 Å². The van der Waals surface area contributed by atoms with E-state index in [0.29, 0.717) is 19.6 Å². The van der Waals surface area contributed by atoms with Crippen LogP contribution in [0, 0.1) is 0 Å². The minimum Gasteiger partial charge on any atom is -0.389 e. The molecule has 0 aromatic rings. The van der Waals surface area contributed by atoms with E-state index in [2.05, 4.69) is 17.2 Å². The van der Waals surface area contributed by atoms with Gasteiger partial charge in [-0.25, -0.2) is 0 Å². The van der Waals surface area contributed by atoms with Crippen LogP contribution in [0.15, 0.2) is 12.7 Å². The second kappa shape index (κ2) is 15.1. The highest BCUT2D eigenvalue weighted by Crippen LogP contribution is 1.94. The summed E-state index contributed by atoms with van der Waals surface area (Å²) in [5.74, 6) is -0.430. The predicted molar refractivity (Wildman–Crippen MR) is 89.4 cm³/mol. The molecule has 0 aliphatic carbocycles. The van der Waals surface area contributed by atoms with Gasteiger partial charge >= 0.3 is 0 Å². The first-order chi connectivity index (χ1) is 11.5. The van der Waals surface area contributed by atoms with Crippen LogP contribution >= 0.6 is 0 Å². The Morgan fingerprint density at radius 1 is 1.04 bits per heavy atom. The molecule has 24 heavy (non-hydrogen) atoms. The molecule has 8 heteroatoms. The molecule has 0 aliphatic rings. The SMILES string of the molecule is C=CC(=O)NCC(O)COCCCCOCC(O)CNC(=O)CC. The summed E-state index contributed by atoms with van der Waals surface area (Å²) in [7, 11) is 0. The van der Waals surface area contributed by atoms with E-state index >= 15 is 0 Å². The van der Waals surface area contributed by atoms with Gasteiger partial charge in [-0.1, -0.05) is 13.5 Å². The highest BCUT2D eigenvalue weighted by molar-refractivity contribution is 5.86. The zero-order valence-electron chi connectivity index (χ0n) is 14.3. The van der Waals surface area contributed by atoms with Crippen LogP contribution in [0.5, 0.6) is 0 Å². The molecule has 0 radical (unpaired) electrons. The largest absolute Gasteiger partial charge is 0.389 e. The lowest BCUT2D eigenvalue weighted by atomic mass is 10.3. The summed E-state index contributed by atoms with van der Waals surface area (Å²) in [4.78, 5) is 21.9. The van der Waals surface area contributed by atoms with Gasteiger partial charge in [0.1, 0.15) is 0 Å². The van der Waals surface area contributed by atoms with Gasteiger partial charge in [-0.15, -0.1) is 0 Å². The molecule has 0 heterocycles. The summed E-state index contributed by atoms with van der Waals surface area (Å²) < 4.78 is 10.6. The third-order valence-corrected chi connectivity index (χ3v) is 3.00. The van der Waals surface area contributed by atoms with Crippen LogP contribution in [0.2, 0.25) is 0 Å². The lowest BCUT2D eigenvalue weighted by Crippen LogP contribution is -2.34. The number of carbonyl (C=O) groups is 2. The predicted octanol–water partition coefficient (Wildman–Crippen LogP) is -0.650. The van der Waals surface area contributed by atoms with E-state index in [1.165, 1.54) is 0 Å². The zero-order chi connectivity index (χ0) is 18.2. The molecule has 0 rings (SSSR count). The molecule has 0 aliphatic heterocycles. The van der Waals surface area contributed by atoms with Crippen molar-refractivity contribution < 1.29 is 29.3 Å². The zero-order valence-corrected chi connectivity index (χ0v) is 14.3. The number of hydrogen-bond acceptors (Lipinski definition) is 6. The van der Waals surface area contributed by atoms with Crippen LogP contribution in [0.3, 0.4) is 0 Å². The molecule has 0 saturated heterocycles. The van der Waals surface area contributed by atoms with Gasteiger partial charge in [0.2, 0.25) is 11.8 Å². The van der Waals surface area contributed by atoms with Gasteiger partial charge in [-0.05, 0) is 18.9 Å². The van der Waals surface area contributed by atoms with Crippen LogP contribution in [0.25, 0.3) is 0 Å². The number of rotatable bonds is 15. The fourth-order valence-electron chi connectivity index (χ4n) is 1.61. The second-order valence-corrected chi connectivity index (χ2v) is 5.27. The fraction of sp³-hybridized carbons (Fsp3) is 0.750. The Hall–Kier alpha value is -1.48. The number of ether oxygens (including phenoxy) is 2. The van der Waals surface area contributed by atoms with Gasteiger partial charge in [0.05, 0.1) is 25.4 Å². The maximum Gasteiger partial charge on any atom is 0.243 e. The number of carbonyl (C=O) groups excluding carboxylic acids is 2. The summed E-state index contributed by atoms with van der Waals surface area (Å²) in [6, 6.07) is 0. The molecule has 0 saturated carbocycles. The van der Waals surface area contributed by atoms with Crippen molar-refractivity contribution in [1.82, 2.24) is 10.6 Å². The summed E-state index contributed by atoms with van der Waals surface area (Å²) in [6.45, 7) is 6.66. The van der Waals surface area contributed by atoms with Crippen LogP contribution in [-0.4, -0.2) is 73.8 Å². The van der Waals surface area contributed by atoms with Gasteiger partial charge in [0.15, 0.2) is 0 Å². The van der Waals surface area contributed by atoms with Crippen molar-refractivity contribution in [1.29, 1.82) is 0 Å². The first-order valence-electron chi connectivity index (χ1n) is 8.18. The number of amides is 2. The summed E-state index contributed by atoms with van der Waals surface area (Å²) >= 11 is 0.